The lowest BCUT2D eigenvalue weighted by molar-refractivity contribution is -0.384. The summed E-state index contributed by atoms with van der Waals surface area (Å²) in [5.41, 5.74) is 0.785. The number of hydrogen-bond donors (Lipinski definition) is 0. The molecular weight excluding hydrogens is 232 g/mol. The standard InChI is InChI=1S/C12H18N4O2/c1-14(2)10-4-7-15(8-5-10)12-9-13-6-3-11(12)16(17)18/h3,6,9-10H,4-5,7-8H2,1-2H3. The van der Waals surface area contributed by atoms with Gasteiger partial charge in [0.1, 0.15) is 5.69 Å². The number of anilines is 1. The van der Waals surface area contributed by atoms with E-state index in [1.54, 1.807) is 6.20 Å². The van der Waals surface area contributed by atoms with Gasteiger partial charge in [-0.3, -0.25) is 15.1 Å². The van der Waals surface area contributed by atoms with Gasteiger partial charge in [0.15, 0.2) is 0 Å². The maximum absolute atomic E-state index is 11.0. The Balaban J connectivity index is 2.12. The number of nitrogens with zero attached hydrogens (tertiary/aromatic N) is 4. The molecule has 0 saturated carbocycles. The molecule has 98 valence electrons. The molecule has 6 heteroatoms. The second kappa shape index (κ2) is 5.30. The summed E-state index contributed by atoms with van der Waals surface area (Å²) < 4.78 is 0. The molecule has 1 aliphatic rings. The summed E-state index contributed by atoms with van der Waals surface area (Å²) in [6.07, 6.45) is 5.11. The highest BCUT2D eigenvalue weighted by Crippen LogP contribution is 2.29. The van der Waals surface area contributed by atoms with Crippen LogP contribution in [0.4, 0.5) is 11.4 Å². The monoisotopic (exact) mass is 250 g/mol. The van der Waals surface area contributed by atoms with Gasteiger partial charge in [-0.2, -0.15) is 0 Å². The van der Waals surface area contributed by atoms with Gasteiger partial charge < -0.3 is 9.80 Å². The van der Waals surface area contributed by atoms with Crippen LogP contribution in [-0.2, 0) is 0 Å². The molecule has 0 aromatic carbocycles. The lowest BCUT2D eigenvalue weighted by Gasteiger charge is -2.35. The van der Waals surface area contributed by atoms with Crippen LogP contribution in [0.2, 0.25) is 0 Å². The molecule has 0 spiro atoms. The lowest BCUT2D eigenvalue weighted by atomic mass is 10.0. The number of hydrogen-bond acceptors (Lipinski definition) is 5. The molecule has 1 fully saturated rings. The van der Waals surface area contributed by atoms with Crippen molar-refractivity contribution < 1.29 is 4.92 Å². The smallest absolute Gasteiger partial charge is 0.295 e. The van der Waals surface area contributed by atoms with E-state index in [2.05, 4.69) is 28.9 Å². The maximum Gasteiger partial charge on any atom is 0.295 e. The molecule has 0 N–H and O–H groups in total. The Morgan fingerprint density at radius 3 is 2.67 bits per heavy atom. The highest BCUT2D eigenvalue weighted by Gasteiger charge is 2.25. The third kappa shape index (κ3) is 2.59. The molecule has 1 aliphatic heterocycles. The fraction of sp³-hybridized carbons (Fsp3) is 0.583. The quantitative estimate of drug-likeness (QED) is 0.601. The van der Waals surface area contributed by atoms with Crippen molar-refractivity contribution in [2.75, 3.05) is 32.1 Å². The minimum atomic E-state index is -0.338. The van der Waals surface area contributed by atoms with Gasteiger partial charge in [0.05, 0.1) is 11.1 Å². The van der Waals surface area contributed by atoms with E-state index in [-0.39, 0.29) is 10.6 Å². The Hall–Kier alpha value is -1.69. The summed E-state index contributed by atoms with van der Waals surface area (Å²) >= 11 is 0. The van der Waals surface area contributed by atoms with Crippen LogP contribution < -0.4 is 4.90 Å². The fourth-order valence-electron chi connectivity index (χ4n) is 2.40. The number of piperidine rings is 1. The van der Waals surface area contributed by atoms with Crippen molar-refractivity contribution in [1.82, 2.24) is 9.88 Å². The van der Waals surface area contributed by atoms with E-state index in [1.807, 2.05) is 0 Å². The van der Waals surface area contributed by atoms with Gasteiger partial charge in [0.2, 0.25) is 0 Å². The van der Waals surface area contributed by atoms with Crippen molar-refractivity contribution in [1.29, 1.82) is 0 Å². The molecule has 0 amide bonds. The van der Waals surface area contributed by atoms with E-state index in [1.165, 1.54) is 12.3 Å². The van der Waals surface area contributed by atoms with Crippen LogP contribution in [0.5, 0.6) is 0 Å². The molecule has 0 bridgehead atoms. The first kappa shape index (κ1) is 12.8. The van der Waals surface area contributed by atoms with Crippen LogP contribution in [0.25, 0.3) is 0 Å². The van der Waals surface area contributed by atoms with Gasteiger partial charge >= 0.3 is 0 Å². The highest BCUT2D eigenvalue weighted by molar-refractivity contribution is 5.61. The van der Waals surface area contributed by atoms with Crippen molar-refractivity contribution in [3.05, 3.63) is 28.6 Å². The highest BCUT2D eigenvalue weighted by atomic mass is 16.6. The van der Waals surface area contributed by atoms with E-state index in [4.69, 9.17) is 0 Å². The number of pyridine rings is 1. The van der Waals surface area contributed by atoms with E-state index in [0.29, 0.717) is 11.7 Å². The largest absolute Gasteiger partial charge is 0.365 e. The van der Waals surface area contributed by atoms with Gasteiger partial charge in [-0.1, -0.05) is 0 Å². The van der Waals surface area contributed by atoms with Crippen molar-refractivity contribution in [3.8, 4) is 0 Å². The Kier molecular flexibility index (Phi) is 3.76. The van der Waals surface area contributed by atoms with Crippen LogP contribution in [0.15, 0.2) is 18.5 Å². The van der Waals surface area contributed by atoms with Gasteiger partial charge in [-0.05, 0) is 26.9 Å². The summed E-state index contributed by atoms with van der Waals surface area (Å²) in [4.78, 5) is 18.9. The van der Waals surface area contributed by atoms with Crippen molar-refractivity contribution in [2.45, 2.75) is 18.9 Å². The zero-order valence-corrected chi connectivity index (χ0v) is 10.7. The molecule has 2 rings (SSSR count). The Bertz CT molecular complexity index is 428. The van der Waals surface area contributed by atoms with Crippen molar-refractivity contribution in [3.63, 3.8) is 0 Å². The van der Waals surface area contributed by atoms with E-state index < -0.39 is 0 Å². The first-order valence-corrected chi connectivity index (χ1v) is 6.09. The minimum absolute atomic E-state index is 0.147. The maximum atomic E-state index is 11.0. The molecule has 0 unspecified atom stereocenters. The summed E-state index contributed by atoms with van der Waals surface area (Å²) in [5, 5.41) is 11.0. The predicted molar refractivity (Wildman–Crippen MR) is 69.8 cm³/mol. The third-order valence-corrected chi connectivity index (χ3v) is 3.51. The van der Waals surface area contributed by atoms with Gasteiger partial charge in [-0.15, -0.1) is 0 Å². The average Bonchev–Trinajstić information content (AvgIpc) is 2.39. The minimum Gasteiger partial charge on any atom is -0.365 e. The second-order valence-corrected chi connectivity index (χ2v) is 4.80. The Morgan fingerprint density at radius 2 is 2.11 bits per heavy atom. The van der Waals surface area contributed by atoms with Crippen molar-refractivity contribution >= 4 is 11.4 Å². The third-order valence-electron chi connectivity index (χ3n) is 3.51. The second-order valence-electron chi connectivity index (χ2n) is 4.80. The number of rotatable bonds is 3. The Morgan fingerprint density at radius 1 is 1.44 bits per heavy atom. The molecule has 0 atom stereocenters. The summed E-state index contributed by atoms with van der Waals surface area (Å²) in [6.45, 7) is 1.69. The molecule has 2 heterocycles. The summed E-state index contributed by atoms with van der Waals surface area (Å²) in [6, 6.07) is 2.03. The van der Waals surface area contributed by atoms with Crippen LogP contribution in [0.1, 0.15) is 12.8 Å². The summed E-state index contributed by atoms with van der Waals surface area (Å²) in [7, 11) is 4.15. The zero-order chi connectivity index (χ0) is 13.1. The molecule has 0 radical (unpaired) electrons. The first-order chi connectivity index (χ1) is 8.59. The molecule has 0 aliphatic carbocycles. The SMILES string of the molecule is CN(C)C1CCN(c2cnccc2[N+](=O)[O-])CC1. The van der Waals surface area contributed by atoms with Crippen LogP contribution in [0, 0.1) is 10.1 Å². The van der Waals surface area contributed by atoms with Gasteiger partial charge in [-0.25, -0.2) is 0 Å². The Labute approximate surface area is 106 Å². The fourth-order valence-corrected chi connectivity index (χ4v) is 2.40. The first-order valence-electron chi connectivity index (χ1n) is 6.09. The predicted octanol–water partition coefficient (Wildman–Crippen LogP) is 1.52. The van der Waals surface area contributed by atoms with Crippen LogP contribution in [-0.4, -0.2) is 48.0 Å². The van der Waals surface area contributed by atoms with Gasteiger partial charge in [0, 0.05) is 31.4 Å². The molecule has 18 heavy (non-hydrogen) atoms. The number of aromatic nitrogens is 1. The molecular formula is C12H18N4O2. The van der Waals surface area contributed by atoms with Crippen LogP contribution >= 0.6 is 0 Å². The zero-order valence-electron chi connectivity index (χ0n) is 10.7. The van der Waals surface area contributed by atoms with E-state index >= 15 is 0 Å². The normalized spacial score (nSPS) is 17.2. The van der Waals surface area contributed by atoms with Gasteiger partial charge in [0.25, 0.3) is 5.69 Å². The average molecular weight is 250 g/mol. The van der Waals surface area contributed by atoms with E-state index in [0.717, 1.165) is 25.9 Å². The number of nitro groups is 1. The molecule has 6 nitrogen and oxygen atoms in total. The van der Waals surface area contributed by atoms with Crippen LogP contribution in [0.3, 0.4) is 0 Å². The molecule has 1 aromatic heterocycles. The summed E-state index contributed by atoms with van der Waals surface area (Å²) in [5.74, 6) is 0. The molecule has 1 saturated heterocycles. The molecule has 1 aromatic rings. The topological polar surface area (TPSA) is 62.5 Å². The lowest BCUT2D eigenvalue weighted by Crippen LogP contribution is -2.42. The van der Waals surface area contributed by atoms with E-state index in [9.17, 15) is 10.1 Å². The van der Waals surface area contributed by atoms with Crippen molar-refractivity contribution in [2.24, 2.45) is 0 Å².